The predicted octanol–water partition coefficient (Wildman–Crippen LogP) is 4.31. The van der Waals surface area contributed by atoms with Crippen LogP contribution in [-0.4, -0.2) is 18.6 Å². The van der Waals surface area contributed by atoms with Crippen molar-refractivity contribution in [2.75, 3.05) is 13.6 Å². The van der Waals surface area contributed by atoms with E-state index in [-0.39, 0.29) is 0 Å². The molecule has 0 spiro atoms. The van der Waals surface area contributed by atoms with Crippen LogP contribution in [0.5, 0.6) is 0 Å². The van der Waals surface area contributed by atoms with Crippen LogP contribution in [0.3, 0.4) is 0 Å². The van der Waals surface area contributed by atoms with Gasteiger partial charge in [-0.15, -0.1) is 0 Å². The SMILES string of the molecule is C=C/C=C/C.CNC[C@@H](C)Cc1c[nH]c2ccccc12. The summed E-state index contributed by atoms with van der Waals surface area (Å²) in [5.74, 6) is 0.675. The van der Waals surface area contributed by atoms with Crippen LogP contribution in [0.2, 0.25) is 0 Å². The second-order valence-electron chi connectivity index (χ2n) is 4.99. The summed E-state index contributed by atoms with van der Waals surface area (Å²) in [7, 11) is 2.01. The number of hydrogen-bond acceptors (Lipinski definition) is 1. The third-order valence-corrected chi connectivity index (χ3v) is 3.12. The van der Waals surface area contributed by atoms with Crippen LogP contribution in [0.4, 0.5) is 0 Å². The molecule has 2 aromatic rings. The first-order valence-corrected chi connectivity index (χ1v) is 7.16. The van der Waals surface area contributed by atoms with Gasteiger partial charge < -0.3 is 10.3 Å². The van der Waals surface area contributed by atoms with Gasteiger partial charge in [-0.2, -0.15) is 0 Å². The predicted molar refractivity (Wildman–Crippen MR) is 90.1 cm³/mol. The molecule has 0 aliphatic carbocycles. The van der Waals surface area contributed by atoms with Crippen LogP contribution in [0, 0.1) is 5.92 Å². The van der Waals surface area contributed by atoms with E-state index >= 15 is 0 Å². The highest BCUT2D eigenvalue weighted by Gasteiger charge is 2.07. The Morgan fingerprint density at radius 3 is 2.70 bits per heavy atom. The molecular weight excluding hydrogens is 244 g/mol. The van der Waals surface area contributed by atoms with E-state index in [0.29, 0.717) is 5.92 Å². The summed E-state index contributed by atoms with van der Waals surface area (Å²) in [5.41, 5.74) is 2.66. The summed E-state index contributed by atoms with van der Waals surface area (Å²) >= 11 is 0. The molecule has 2 heteroatoms. The molecule has 2 rings (SSSR count). The first-order chi connectivity index (χ1) is 9.72. The molecule has 2 nitrogen and oxygen atoms in total. The number of nitrogens with one attached hydrogen (secondary N) is 2. The maximum atomic E-state index is 3.46. The van der Waals surface area contributed by atoms with Gasteiger partial charge >= 0.3 is 0 Å². The van der Waals surface area contributed by atoms with Gasteiger partial charge in [0.2, 0.25) is 0 Å². The van der Waals surface area contributed by atoms with E-state index in [4.69, 9.17) is 0 Å². The molecule has 1 aromatic heterocycles. The van der Waals surface area contributed by atoms with E-state index in [1.165, 1.54) is 16.5 Å². The molecule has 1 aromatic carbocycles. The monoisotopic (exact) mass is 270 g/mol. The van der Waals surface area contributed by atoms with Gasteiger partial charge in [-0.1, -0.05) is 49.9 Å². The maximum Gasteiger partial charge on any atom is 0.0456 e. The number of hydrogen-bond donors (Lipinski definition) is 2. The second-order valence-corrected chi connectivity index (χ2v) is 4.99. The average Bonchev–Trinajstić information content (AvgIpc) is 2.84. The fraction of sp³-hybridized carbons (Fsp3) is 0.333. The first kappa shape index (κ1) is 16.3. The van der Waals surface area contributed by atoms with Crippen LogP contribution >= 0.6 is 0 Å². The zero-order chi connectivity index (χ0) is 14.8. The molecule has 0 radical (unpaired) electrons. The molecule has 0 fully saturated rings. The minimum absolute atomic E-state index is 0.675. The standard InChI is InChI=1S/C13H18N2.C5H8/c1-10(8-14-2)7-11-9-15-13-6-4-3-5-12(11)13;1-3-5-4-2/h3-6,9-10,14-15H,7-8H2,1-2H3;3-5H,1H2,2H3/b;5-4+/t10-;/m0./s1. The fourth-order valence-electron chi connectivity index (χ4n) is 2.23. The maximum absolute atomic E-state index is 3.46. The number of para-hydroxylation sites is 1. The number of aromatic amines is 1. The molecule has 1 atom stereocenters. The number of allylic oxidation sites excluding steroid dienone is 3. The Hall–Kier alpha value is -1.80. The molecular formula is C18H26N2. The third-order valence-electron chi connectivity index (χ3n) is 3.12. The van der Waals surface area contributed by atoms with Crippen molar-refractivity contribution in [3.63, 3.8) is 0 Å². The zero-order valence-electron chi connectivity index (χ0n) is 12.8. The number of H-pyrrole nitrogens is 1. The van der Waals surface area contributed by atoms with E-state index < -0.39 is 0 Å². The van der Waals surface area contributed by atoms with Gasteiger partial charge in [-0.3, -0.25) is 0 Å². The van der Waals surface area contributed by atoms with Crippen molar-refractivity contribution < 1.29 is 0 Å². The Kier molecular flexibility index (Phi) is 7.44. The van der Waals surface area contributed by atoms with Crippen LogP contribution in [0.15, 0.2) is 55.3 Å². The molecule has 0 aliphatic heterocycles. The molecule has 0 saturated heterocycles. The van der Waals surface area contributed by atoms with Crippen molar-refractivity contribution >= 4 is 10.9 Å². The quantitative estimate of drug-likeness (QED) is 0.778. The summed E-state index contributed by atoms with van der Waals surface area (Å²) in [4.78, 5) is 3.32. The Bertz CT molecular complexity index is 537. The Morgan fingerprint density at radius 1 is 1.35 bits per heavy atom. The number of benzene rings is 1. The molecule has 2 N–H and O–H groups in total. The average molecular weight is 270 g/mol. The minimum Gasteiger partial charge on any atom is -0.361 e. The zero-order valence-corrected chi connectivity index (χ0v) is 12.8. The molecule has 1 heterocycles. The van der Waals surface area contributed by atoms with Crippen molar-refractivity contribution in [3.05, 3.63) is 60.8 Å². The summed E-state index contributed by atoms with van der Waals surface area (Å²) in [6, 6.07) is 8.48. The second kappa shape index (κ2) is 9.16. The summed E-state index contributed by atoms with van der Waals surface area (Å²) in [6.07, 6.45) is 8.84. The van der Waals surface area contributed by atoms with E-state index in [1.807, 2.05) is 26.1 Å². The molecule has 108 valence electrons. The van der Waals surface area contributed by atoms with Gasteiger partial charge in [0.15, 0.2) is 0 Å². The Morgan fingerprint density at radius 2 is 2.10 bits per heavy atom. The molecule has 0 unspecified atom stereocenters. The summed E-state index contributed by atoms with van der Waals surface area (Å²) < 4.78 is 0. The highest BCUT2D eigenvalue weighted by molar-refractivity contribution is 5.83. The van der Waals surface area contributed by atoms with Crippen LogP contribution in [0.25, 0.3) is 10.9 Å². The van der Waals surface area contributed by atoms with Gasteiger partial charge in [-0.05, 0) is 44.5 Å². The number of fused-ring (bicyclic) bond motifs is 1. The van der Waals surface area contributed by atoms with Gasteiger partial charge in [0, 0.05) is 17.1 Å². The highest BCUT2D eigenvalue weighted by atomic mass is 14.8. The van der Waals surface area contributed by atoms with Crippen molar-refractivity contribution in [1.29, 1.82) is 0 Å². The number of rotatable bonds is 5. The Labute approximate surface area is 122 Å². The third kappa shape index (κ3) is 5.06. The lowest BCUT2D eigenvalue weighted by Gasteiger charge is -2.09. The lowest BCUT2D eigenvalue weighted by Crippen LogP contribution is -2.17. The summed E-state index contributed by atoms with van der Waals surface area (Å²) in [5, 5.41) is 4.58. The molecule has 0 bridgehead atoms. The van der Waals surface area contributed by atoms with E-state index in [2.05, 4.69) is 54.3 Å². The van der Waals surface area contributed by atoms with Gasteiger partial charge in [-0.25, -0.2) is 0 Å². The Balaban J connectivity index is 0.000000347. The van der Waals surface area contributed by atoms with Crippen molar-refractivity contribution in [3.8, 4) is 0 Å². The molecule has 0 amide bonds. The van der Waals surface area contributed by atoms with E-state index in [9.17, 15) is 0 Å². The van der Waals surface area contributed by atoms with Gasteiger partial charge in [0.25, 0.3) is 0 Å². The van der Waals surface area contributed by atoms with Crippen molar-refractivity contribution in [1.82, 2.24) is 10.3 Å². The van der Waals surface area contributed by atoms with Crippen LogP contribution in [-0.2, 0) is 6.42 Å². The molecule has 20 heavy (non-hydrogen) atoms. The van der Waals surface area contributed by atoms with Crippen LogP contribution in [0.1, 0.15) is 19.4 Å². The normalized spacial score (nSPS) is 12.2. The van der Waals surface area contributed by atoms with Crippen LogP contribution < -0.4 is 5.32 Å². The fourth-order valence-corrected chi connectivity index (χ4v) is 2.23. The topological polar surface area (TPSA) is 27.8 Å². The van der Waals surface area contributed by atoms with Gasteiger partial charge in [0.05, 0.1) is 0 Å². The molecule has 0 saturated carbocycles. The van der Waals surface area contributed by atoms with Gasteiger partial charge in [0.1, 0.15) is 0 Å². The largest absolute Gasteiger partial charge is 0.361 e. The number of aromatic nitrogens is 1. The highest BCUT2D eigenvalue weighted by Crippen LogP contribution is 2.20. The first-order valence-electron chi connectivity index (χ1n) is 7.16. The van der Waals surface area contributed by atoms with E-state index in [1.54, 1.807) is 6.08 Å². The van der Waals surface area contributed by atoms with Crippen molar-refractivity contribution in [2.45, 2.75) is 20.3 Å². The van der Waals surface area contributed by atoms with E-state index in [0.717, 1.165) is 13.0 Å². The van der Waals surface area contributed by atoms with Crippen molar-refractivity contribution in [2.24, 2.45) is 5.92 Å². The summed E-state index contributed by atoms with van der Waals surface area (Å²) in [6.45, 7) is 8.77. The smallest absolute Gasteiger partial charge is 0.0456 e. The lowest BCUT2D eigenvalue weighted by atomic mass is 10.0. The molecule has 0 aliphatic rings. The lowest BCUT2D eigenvalue weighted by molar-refractivity contribution is 0.543. The minimum atomic E-state index is 0.675.